The average Bonchev–Trinajstić information content (AvgIpc) is 2.40. The van der Waals surface area contributed by atoms with Gasteiger partial charge in [-0.3, -0.25) is 4.98 Å². The quantitative estimate of drug-likeness (QED) is 0.793. The zero-order valence-electron chi connectivity index (χ0n) is 10.3. The summed E-state index contributed by atoms with van der Waals surface area (Å²) in [4.78, 5) is 4.00. The van der Waals surface area contributed by atoms with E-state index in [1.165, 1.54) is 5.56 Å². The van der Waals surface area contributed by atoms with Crippen LogP contribution in [0.2, 0.25) is 0 Å². The zero-order valence-corrected chi connectivity index (χ0v) is 10.3. The van der Waals surface area contributed by atoms with Crippen LogP contribution in [-0.4, -0.2) is 4.98 Å². The Balaban J connectivity index is 2.05. The summed E-state index contributed by atoms with van der Waals surface area (Å²) in [6.45, 7) is 4.19. The van der Waals surface area contributed by atoms with Crippen molar-refractivity contribution < 1.29 is 4.74 Å². The number of ether oxygens (including phenoxy) is 1. The number of rotatable bonds is 4. The second-order valence-corrected chi connectivity index (χ2v) is 4.04. The minimum absolute atomic E-state index is 0.0467. The van der Waals surface area contributed by atoms with Gasteiger partial charge < -0.3 is 4.74 Å². The SMILES string of the molecule is CCc1ccc(OC(C)c2ccncc2)cc1. The standard InChI is InChI=1S/C15H17NO/c1-3-13-4-6-15(7-5-13)17-12(2)14-8-10-16-11-9-14/h4-12H,3H2,1-2H3. The summed E-state index contributed by atoms with van der Waals surface area (Å²) in [6, 6.07) is 12.2. The molecule has 2 nitrogen and oxygen atoms in total. The van der Waals surface area contributed by atoms with Gasteiger partial charge in [-0.15, -0.1) is 0 Å². The summed E-state index contributed by atoms with van der Waals surface area (Å²) in [5.74, 6) is 0.909. The lowest BCUT2D eigenvalue weighted by molar-refractivity contribution is 0.227. The van der Waals surface area contributed by atoms with Crippen molar-refractivity contribution in [2.24, 2.45) is 0 Å². The molecule has 0 fully saturated rings. The first kappa shape index (κ1) is 11.6. The van der Waals surface area contributed by atoms with Gasteiger partial charge in [0.15, 0.2) is 0 Å². The van der Waals surface area contributed by atoms with E-state index in [0.29, 0.717) is 0 Å². The highest BCUT2D eigenvalue weighted by Gasteiger charge is 2.06. The first-order valence-electron chi connectivity index (χ1n) is 5.95. The molecule has 0 saturated carbocycles. The number of hydrogen-bond donors (Lipinski definition) is 0. The van der Waals surface area contributed by atoms with Crippen LogP contribution in [0.3, 0.4) is 0 Å². The molecular formula is C15H17NO. The molecule has 0 saturated heterocycles. The number of benzene rings is 1. The largest absolute Gasteiger partial charge is 0.486 e. The first-order chi connectivity index (χ1) is 8.29. The van der Waals surface area contributed by atoms with Gasteiger partial charge in [-0.2, -0.15) is 0 Å². The minimum atomic E-state index is 0.0467. The van der Waals surface area contributed by atoms with Gasteiger partial charge >= 0.3 is 0 Å². The highest BCUT2D eigenvalue weighted by molar-refractivity contribution is 5.28. The maximum absolute atomic E-state index is 5.87. The summed E-state index contributed by atoms with van der Waals surface area (Å²) < 4.78 is 5.87. The summed E-state index contributed by atoms with van der Waals surface area (Å²) in [7, 11) is 0. The van der Waals surface area contributed by atoms with E-state index in [2.05, 4.69) is 24.0 Å². The van der Waals surface area contributed by atoms with Crippen molar-refractivity contribution in [1.29, 1.82) is 0 Å². The molecule has 0 aliphatic rings. The van der Waals surface area contributed by atoms with E-state index in [1.54, 1.807) is 12.4 Å². The lowest BCUT2D eigenvalue weighted by Gasteiger charge is -2.15. The highest BCUT2D eigenvalue weighted by atomic mass is 16.5. The van der Waals surface area contributed by atoms with E-state index in [4.69, 9.17) is 4.74 Å². The fraction of sp³-hybridized carbons (Fsp3) is 0.267. The van der Waals surface area contributed by atoms with Crippen LogP contribution < -0.4 is 4.74 Å². The molecule has 0 bridgehead atoms. The molecule has 0 amide bonds. The van der Waals surface area contributed by atoms with Crippen LogP contribution in [0.5, 0.6) is 5.75 Å². The van der Waals surface area contributed by atoms with Crippen molar-refractivity contribution in [3.63, 3.8) is 0 Å². The average molecular weight is 227 g/mol. The summed E-state index contributed by atoms with van der Waals surface area (Å²) in [5, 5.41) is 0. The molecule has 2 heteroatoms. The molecule has 2 aromatic rings. The molecule has 1 unspecified atom stereocenters. The second-order valence-electron chi connectivity index (χ2n) is 4.04. The maximum atomic E-state index is 5.87. The minimum Gasteiger partial charge on any atom is -0.486 e. The van der Waals surface area contributed by atoms with Crippen LogP contribution in [0, 0.1) is 0 Å². The van der Waals surface area contributed by atoms with Gasteiger partial charge in [0.2, 0.25) is 0 Å². The molecule has 1 heterocycles. The summed E-state index contributed by atoms with van der Waals surface area (Å²) in [6.07, 6.45) is 4.68. The summed E-state index contributed by atoms with van der Waals surface area (Å²) in [5.41, 5.74) is 2.47. The van der Waals surface area contributed by atoms with E-state index in [1.807, 2.05) is 31.2 Å². The Morgan fingerprint density at radius 2 is 1.71 bits per heavy atom. The number of nitrogens with zero attached hydrogens (tertiary/aromatic N) is 1. The smallest absolute Gasteiger partial charge is 0.121 e. The molecule has 2 rings (SSSR count). The predicted molar refractivity (Wildman–Crippen MR) is 69.1 cm³/mol. The van der Waals surface area contributed by atoms with Crippen LogP contribution in [0.4, 0.5) is 0 Å². The molecule has 88 valence electrons. The molecule has 1 aromatic heterocycles. The number of aryl methyl sites for hydroxylation is 1. The molecule has 0 aliphatic carbocycles. The second kappa shape index (κ2) is 5.48. The summed E-state index contributed by atoms with van der Waals surface area (Å²) >= 11 is 0. The third-order valence-electron chi connectivity index (χ3n) is 2.82. The van der Waals surface area contributed by atoms with E-state index in [0.717, 1.165) is 17.7 Å². The molecule has 0 radical (unpaired) electrons. The fourth-order valence-electron chi connectivity index (χ4n) is 1.71. The van der Waals surface area contributed by atoms with E-state index >= 15 is 0 Å². The van der Waals surface area contributed by atoms with E-state index in [9.17, 15) is 0 Å². The van der Waals surface area contributed by atoms with Crippen molar-refractivity contribution >= 4 is 0 Å². The molecule has 1 aromatic carbocycles. The molecule has 0 aliphatic heterocycles. The third kappa shape index (κ3) is 3.06. The Kier molecular flexibility index (Phi) is 3.76. The van der Waals surface area contributed by atoms with Crippen LogP contribution in [0.25, 0.3) is 0 Å². The fourth-order valence-corrected chi connectivity index (χ4v) is 1.71. The Morgan fingerprint density at radius 1 is 1.06 bits per heavy atom. The molecule has 17 heavy (non-hydrogen) atoms. The van der Waals surface area contributed by atoms with Crippen LogP contribution in [0.1, 0.15) is 31.1 Å². The van der Waals surface area contributed by atoms with Crippen LogP contribution in [-0.2, 0) is 6.42 Å². The Bertz CT molecular complexity index is 450. The number of pyridine rings is 1. The van der Waals surface area contributed by atoms with E-state index < -0.39 is 0 Å². The Morgan fingerprint density at radius 3 is 2.29 bits per heavy atom. The normalized spacial score (nSPS) is 12.1. The topological polar surface area (TPSA) is 22.1 Å². The number of aromatic nitrogens is 1. The Hall–Kier alpha value is -1.83. The first-order valence-corrected chi connectivity index (χ1v) is 5.95. The van der Waals surface area contributed by atoms with Crippen LogP contribution >= 0.6 is 0 Å². The van der Waals surface area contributed by atoms with Gasteiger partial charge in [0.1, 0.15) is 11.9 Å². The van der Waals surface area contributed by atoms with Gasteiger partial charge in [0.25, 0.3) is 0 Å². The lowest BCUT2D eigenvalue weighted by Crippen LogP contribution is -2.02. The molecular weight excluding hydrogens is 210 g/mol. The monoisotopic (exact) mass is 227 g/mol. The van der Waals surface area contributed by atoms with Gasteiger partial charge in [0.05, 0.1) is 0 Å². The van der Waals surface area contributed by atoms with Gasteiger partial charge in [-0.25, -0.2) is 0 Å². The van der Waals surface area contributed by atoms with Crippen molar-refractivity contribution in [2.75, 3.05) is 0 Å². The van der Waals surface area contributed by atoms with Gasteiger partial charge in [-0.1, -0.05) is 19.1 Å². The van der Waals surface area contributed by atoms with Crippen molar-refractivity contribution in [2.45, 2.75) is 26.4 Å². The number of hydrogen-bond acceptors (Lipinski definition) is 2. The van der Waals surface area contributed by atoms with E-state index in [-0.39, 0.29) is 6.10 Å². The van der Waals surface area contributed by atoms with Gasteiger partial charge in [-0.05, 0) is 48.7 Å². The Labute approximate surface area is 102 Å². The van der Waals surface area contributed by atoms with Gasteiger partial charge in [0, 0.05) is 12.4 Å². The van der Waals surface area contributed by atoms with Crippen molar-refractivity contribution in [3.8, 4) is 5.75 Å². The maximum Gasteiger partial charge on any atom is 0.121 e. The predicted octanol–water partition coefficient (Wildman–Crippen LogP) is 3.78. The lowest BCUT2D eigenvalue weighted by atomic mass is 10.1. The highest BCUT2D eigenvalue weighted by Crippen LogP contribution is 2.21. The third-order valence-corrected chi connectivity index (χ3v) is 2.82. The molecule has 0 N–H and O–H groups in total. The zero-order chi connectivity index (χ0) is 12.1. The van der Waals surface area contributed by atoms with Crippen molar-refractivity contribution in [3.05, 3.63) is 59.9 Å². The van der Waals surface area contributed by atoms with Crippen molar-refractivity contribution in [1.82, 2.24) is 4.98 Å². The molecule has 1 atom stereocenters. The van der Waals surface area contributed by atoms with Crippen LogP contribution in [0.15, 0.2) is 48.8 Å². The molecule has 0 spiro atoms.